The summed E-state index contributed by atoms with van der Waals surface area (Å²) < 4.78 is 12.6. The third kappa shape index (κ3) is 3.07. The van der Waals surface area contributed by atoms with Crippen molar-refractivity contribution in [2.24, 2.45) is 11.1 Å². The molecule has 0 fully saturated rings. The average molecular weight is 196 g/mol. The zero-order chi connectivity index (χ0) is 10.8. The Bertz CT molecular complexity index is 287. The van der Waals surface area contributed by atoms with Crippen LogP contribution in [0.5, 0.6) is 0 Å². The highest BCUT2D eigenvalue weighted by Gasteiger charge is 2.20. The molecule has 1 heterocycles. The first-order chi connectivity index (χ1) is 6.39. The Balaban J connectivity index is 2.65. The lowest BCUT2D eigenvalue weighted by Gasteiger charge is -2.26. The molecule has 0 bridgehead atoms. The summed E-state index contributed by atoms with van der Waals surface area (Å²) in [6.07, 6.45) is 1.91. The molecule has 0 aromatic carbocycles. The van der Waals surface area contributed by atoms with E-state index in [0.29, 0.717) is 6.42 Å². The maximum absolute atomic E-state index is 12.6. The van der Waals surface area contributed by atoms with Crippen molar-refractivity contribution in [3.8, 4) is 0 Å². The van der Waals surface area contributed by atoms with Gasteiger partial charge in [-0.05, 0) is 17.5 Å². The lowest BCUT2D eigenvalue weighted by atomic mass is 9.85. The Morgan fingerprint density at radius 1 is 1.43 bits per heavy atom. The van der Waals surface area contributed by atoms with E-state index in [4.69, 9.17) is 5.73 Å². The Kier molecular flexibility index (Phi) is 3.21. The van der Waals surface area contributed by atoms with Crippen LogP contribution in [0.15, 0.2) is 18.3 Å². The van der Waals surface area contributed by atoms with Crippen LogP contribution in [0.25, 0.3) is 0 Å². The summed E-state index contributed by atoms with van der Waals surface area (Å²) >= 11 is 0. The minimum Gasteiger partial charge on any atom is -0.327 e. The summed E-state index contributed by atoms with van der Waals surface area (Å²) in [4.78, 5) is 3.98. The lowest BCUT2D eigenvalue weighted by Crippen LogP contribution is -2.37. The molecule has 1 unspecified atom stereocenters. The smallest absolute Gasteiger partial charge is 0.141 e. The molecule has 2 nitrogen and oxygen atoms in total. The van der Waals surface area contributed by atoms with Crippen molar-refractivity contribution in [2.75, 3.05) is 0 Å². The van der Waals surface area contributed by atoms with Gasteiger partial charge in [-0.2, -0.15) is 0 Å². The van der Waals surface area contributed by atoms with Crippen molar-refractivity contribution in [3.05, 3.63) is 29.8 Å². The Morgan fingerprint density at radius 2 is 2.07 bits per heavy atom. The highest BCUT2D eigenvalue weighted by Crippen LogP contribution is 2.19. The number of hydrogen-bond donors (Lipinski definition) is 1. The van der Waals surface area contributed by atoms with Crippen molar-refractivity contribution in [1.29, 1.82) is 0 Å². The van der Waals surface area contributed by atoms with Crippen LogP contribution in [-0.4, -0.2) is 11.0 Å². The van der Waals surface area contributed by atoms with Gasteiger partial charge in [0.1, 0.15) is 5.82 Å². The molecule has 0 amide bonds. The van der Waals surface area contributed by atoms with Crippen LogP contribution in [0.2, 0.25) is 0 Å². The Morgan fingerprint density at radius 3 is 2.50 bits per heavy atom. The first-order valence-electron chi connectivity index (χ1n) is 4.75. The maximum atomic E-state index is 12.6. The first kappa shape index (κ1) is 11.1. The summed E-state index contributed by atoms with van der Waals surface area (Å²) in [5.41, 5.74) is 6.88. The largest absolute Gasteiger partial charge is 0.327 e. The minimum absolute atomic E-state index is 0.0421. The maximum Gasteiger partial charge on any atom is 0.141 e. The second-order valence-corrected chi connectivity index (χ2v) is 4.64. The van der Waals surface area contributed by atoms with E-state index >= 15 is 0 Å². The quantitative estimate of drug-likeness (QED) is 0.787. The number of rotatable bonds is 2. The molecule has 1 atom stereocenters. The molecular weight excluding hydrogens is 179 g/mol. The molecule has 14 heavy (non-hydrogen) atoms. The van der Waals surface area contributed by atoms with E-state index in [1.807, 2.05) is 0 Å². The van der Waals surface area contributed by atoms with Gasteiger partial charge in [0.2, 0.25) is 0 Å². The molecule has 0 aliphatic carbocycles. The normalized spacial score (nSPS) is 14.1. The van der Waals surface area contributed by atoms with Gasteiger partial charge in [-0.25, -0.2) is 4.39 Å². The van der Waals surface area contributed by atoms with Gasteiger partial charge in [-0.1, -0.05) is 20.8 Å². The molecule has 0 aliphatic rings. The standard InChI is InChI=1S/C11H17FN2/c1-11(2,3)10(13)6-9-5-4-8(12)7-14-9/h4-5,7,10H,6,13H2,1-3H3. The third-order valence-corrected chi connectivity index (χ3v) is 2.33. The van der Waals surface area contributed by atoms with Crippen LogP contribution in [-0.2, 0) is 6.42 Å². The molecule has 2 N–H and O–H groups in total. The summed E-state index contributed by atoms with van der Waals surface area (Å²) in [7, 11) is 0. The van der Waals surface area contributed by atoms with Crippen LogP contribution in [0, 0.1) is 11.2 Å². The Hall–Kier alpha value is -0.960. The number of halogens is 1. The third-order valence-electron chi connectivity index (χ3n) is 2.33. The number of aromatic nitrogens is 1. The van der Waals surface area contributed by atoms with E-state index in [2.05, 4.69) is 25.8 Å². The molecule has 0 radical (unpaired) electrons. The van der Waals surface area contributed by atoms with Gasteiger partial charge in [-0.15, -0.1) is 0 Å². The van der Waals surface area contributed by atoms with Crippen molar-refractivity contribution in [2.45, 2.75) is 33.2 Å². The molecule has 0 aliphatic heterocycles. The summed E-state index contributed by atoms with van der Waals surface area (Å²) in [6.45, 7) is 6.25. The molecule has 1 rings (SSSR count). The van der Waals surface area contributed by atoms with Crippen LogP contribution in [0.1, 0.15) is 26.5 Å². The van der Waals surface area contributed by atoms with Gasteiger partial charge in [-0.3, -0.25) is 4.98 Å². The minimum atomic E-state index is -0.307. The second kappa shape index (κ2) is 4.05. The number of nitrogens with two attached hydrogens (primary N) is 1. The highest BCUT2D eigenvalue weighted by molar-refractivity contribution is 5.07. The van der Waals surface area contributed by atoms with Crippen LogP contribution in [0.4, 0.5) is 4.39 Å². The average Bonchev–Trinajstić information content (AvgIpc) is 2.07. The molecule has 78 valence electrons. The molecule has 0 spiro atoms. The van der Waals surface area contributed by atoms with E-state index < -0.39 is 0 Å². The molecule has 0 saturated heterocycles. The van der Waals surface area contributed by atoms with Crippen LogP contribution >= 0.6 is 0 Å². The van der Waals surface area contributed by atoms with E-state index in [1.54, 1.807) is 6.07 Å². The fraction of sp³-hybridized carbons (Fsp3) is 0.545. The predicted octanol–water partition coefficient (Wildman–Crippen LogP) is 2.14. The number of hydrogen-bond acceptors (Lipinski definition) is 2. The predicted molar refractivity (Wildman–Crippen MR) is 55.3 cm³/mol. The van der Waals surface area contributed by atoms with Gasteiger partial charge in [0, 0.05) is 18.2 Å². The number of nitrogens with zero attached hydrogens (tertiary/aromatic N) is 1. The molecule has 3 heteroatoms. The summed E-state index contributed by atoms with van der Waals surface area (Å²) in [5.74, 6) is -0.307. The number of pyridine rings is 1. The lowest BCUT2D eigenvalue weighted by molar-refractivity contribution is 0.317. The zero-order valence-corrected chi connectivity index (χ0v) is 8.92. The van der Waals surface area contributed by atoms with Gasteiger partial charge >= 0.3 is 0 Å². The van der Waals surface area contributed by atoms with Crippen molar-refractivity contribution < 1.29 is 4.39 Å². The van der Waals surface area contributed by atoms with Gasteiger partial charge in [0.05, 0.1) is 6.20 Å². The van der Waals surface area contributed by atoms with Crippen molar-refractivity contribution in [3.63, 3.8) is 0 Å². The topological polar surface area (TPSA) is 38.9 Å². The van der Waals surface area contributed by atoms with E-state index in [-0.39, 0.29) is 17.3 Å². The summed E-state index contributed by atoms with van der Waals surface area (Å²) in [6, 6.07) is 3.14. The Labute approximate surface area is 84.3 Å². The second-order valence-electron chi connectivity index (χ2n) is 4.64. The van der Waals surface area contributed by atoms with Gasteiger partial charge in [0.15, 0.2) is 0 Å². The van der Waals surface area contributed by atoms with Gasteiger partial charge < -0.3 is 5.73 Å². The molecule has 0 saturated carbocycles. The van der Waals surface area contributed by atoms with Gasteiger partial charge in [0.25, 0.3) is 0 Å². The SMILES string of the molecule is CC(C)(C)C(N)Cc1ccc(F)cn1. The van der Waals surface area contributed by atoms with Crippen molar-refractivity contribution in [1.82, 2.24) is 4.98 Å². The monoisotopic (exact) mass is 196 g/mol. The highest BCUT2D eigenvalue weighted by atomic mass is 19.1. The summed E-state index contributed by atoms with van der Waals surface area (Å²) in [5, 5.41) is 0. The van der Waals surface area contributed by atoms with Crippen molar-refractivity contribution >= 4 is 0 Å². The van der Waals surface area contributed by atoms with Crippen LogP contribution in [0.3, 0.4) is 0 Å². The first-order valence-corrected chi connectivity index (χ1v) is 4.75. The molecular formula is C11H17FN2. The fourth-order valence-corrected chi connectivity index (χ4v) is 1.06. The van der Waals surface area contributed by atoms with Crippen LogP contribution < -0.4 is 5.73 Å². The molecule has 1 aromatic heterocycles. The van der Waals surface area contributed by atoms with E-state index in [1.165, 1.54) is 12.3 Å². The molecule has 1 aromatic rings. The van der Waals surface area contributed by atoms with E-state index in [0.717, 1.165) is 5.69 Å². The zero-order valence-electron chi connectivity index (χ0n) is 8.92. The fourth-order valence-electron chi connectivity index (χ4n) is 1.06. The van der Waals surface area contributed by atoms with E-state index in [9.17, 15) is 4.39 Å².